The Morgan fingerprint density at radius 1 is 1.18 bits per heavy atom. The third kappa shape index (κ3) is 5.89. The van der Waals surface area contributed by atoms with Crippen LogP contribution in [0.5, 0.6) is 0 Å². The minimum atomic E-state index is -1.11. The molecule has 0 aliphatic carbocycles. The van der Waals surface area contributed by atoms with E-state index in [1.54, 1.807) is 50.4 Å². The lowest BCUT2D eigenvalue weighted by Crippen LogP contribution is -2.46. The van der Waals surface area contributed by atoms with Gasteiger partial charge in [-0.15, -0.1) is 11.8 Å². The molecule has 2 atom stereocenters. The van der Waals surface area contributed by atoms with Gasteiger partial charge in [-0.3, -0.25) is 14.9 Å². The van der Waals surface area contributed by atoms with Crippen molar-refractivity contribution < 1.29 is 28.3 Å². The maximum Gasteiger partial charge on any atom is 0.340 e. The van der Waals surface area contributed by atoms with Gasteiger partial charge in [0.25, 0.3) is 11.8 Å². The molecular formula is C23H24FN3O5S. The molecule has 2 aromatic rings. The molecule has 174 valence electrons. The zero-order chi connectivity index (χ0) is 24.2. The van der Waals surface area contributed by atoms with Crippen molar-refractivity contribution in [3.63, 3.8) is 0 Å². The van der Waals surface area contributed by atoms with Crippen molar-refractivity contribution in [2.24, 2.45) is 0 Å². The van der Waals surface area contributed by atoms with Crippen molar-refractivity contribution in [2.45, 2.75) is 36.9 Å². The van der Waals surface area contributed by atoms with Crippen LogP contribution in [-0.2, 0) is 20.9 Å². The first-order chi connectivity index (χ1) is 15.6. The number of carbonyl (C=O) groups is 4. The summed E-state index contributed by atoms with van der Waals surface area (Å²) in [6, 6.07) is 12.0. The van der Waals surface area contributed by atoms with Crippen LogP contribution in [0.1, 0.15) is 29.8 Å². The molecule has 8 nitrogen and oxygen atoms in total. The van der Waals surface area contributed by atoms with E-state index in [1.165, 1.54) is 35.7 Å². The van der Waals surface area contributed by atoms with E-state index < -0.39 is 41.3 Å². The minimum absolute atomic E-state index is 0.164. The van der Waals surface area contributed by atoms with E-state index in [2.05, 4.69) is 10.6 Å². The van der Waals surface area contributed by atoms with Crippen molar-refractivity contribution in [1.29, 1.82) is 0 Å². The van der Waals surface area contributed by atoms with Crippen molar-refractivity contribution in [1.82, 2.24) is 15.5 Å². The summed E-state index contributed by atoms with van der Waals surface area (Å²) in [5.41, 5.74) is -0.257. The molecule has 2 N–H and O–H groups in total. The number of imide groups is 1. The highest BCUT2D eigenvalue weighted by molar-refractivity contribution is 7.99. The quantitative estimate of drug-likeness (QED) is 0.347. The molecule has 33 heavy (non-hydrogen) atoms. The highest BCUT2D eigenvalue weighted by Gasteiger charge is 2.42. The molecule has 0 bridgehead atoms. The van der Waals surface area contributed by atoms with Crippen LogP contribution in [0.3, 0.4) is 0 Å². The van der Waals surface area contributed by atoms with Crippen molar-refractivity contribution in [3.05, 3.63) is 65.5 Å². The van der Waals surface area contributed by atoms with Crippen LogP contribution in [0.4, 0.5) is 9.18 Å². The summed E-state index contributed by atoms with van der Waals surface area (Å²) in [5.74, 6) is -1.77. The van der Waals surface area contributed by atoms with E-state index in [1.807, 2.05) is 0 Å². The first-order valence-corrected chi connectivity index (χ1v) is 11.1. The van der Waals surface area contributed by atoms with Gasteiger partial charge in [0.15, 0.2) is 6.10 Å². The molecule has 1 aliphatic heterocycles. The van der Waals surface area contributed by atoms with Crippen LogP contribution in [0.25, 0.3) is 0 Å². The Balaban J connectivity index is 1.63. The largest absolute Gasteiger partial charge is 0.449 e. The van der Waals surface area contributed by atoms with E-state index in [0.29, 0.717) is 10.5 Å². The van der Waals surface area contributed by atoms with Gasteiger partial charge in [-0.2, -0.15) is 0 Å². The highest BCUT2D eigenvalue weighted by Crippen LogP contribution is 2.28. The lowest BCUT2D eigenvalue weighted by Gasteiger charge is -2.22. The maximum atomic E-state index is 13.4. The fourth-order valence-corrected chi connectivity index (χ4v) is 4.37. The predicted molar refractivity (Wildman–Crippen MR) is 120 cm³/mol. The summed E-state index contributed by atoms with van der Waals surface area (Å²) in [5, 5.41) is 4.77. The standard InChI is InChI=1S/C23H24FN3O5S/c1-14(19(28)27(3)12-15-7-6-8-16(24)11-15)32-20(29)17-9-4-5-10-18(17)33-13-23(2)21(30)25-22(31)26-23/h4-11,14H,12-13H2,1-3H3,(H2,25,26,30,31). The van der Waals surface area contributed by atoms with Crippen molar-refractivity contribution in [2.75, 3.05) is 12.8 Å². The number of likely N-dealkylation sites (N-methyl/N-ethyl adjacent to an activating group) is 1. The van der Waals surface area contributed by atoms with Gasteiger partial charge in [0, 0.05) is 24.2 Å². The number of halogens is 1. The second-order valence-electron chi connectivity index (χ2n) is 7.90. The molecule has 4 amide bonds. The molecule has 1 fully saturated rings. The fourth-order valence-electron chi connectivity index (χ4n) is 3.24. The average molecular weight is 474 g/mol. The number of benzene rings is 2. The van der Waals surface area contributed by atoms with Crippen molar-refractivity contribution >= 4 is 35.6 Å². The summed E-state index contributed by atoms with van der Waals surface area (Å²) in [7, 11) is 1.54. The zero-order valence-corrected chi connectivity index (χ0v) is 19.2. The van der Waals surface area contributed by atoms with Gasteiger partial charge in [-0.25, -0.2) is 14.0 Å². The monoisotopic (exact) mass is 473 g/mol. The second kappa shape index (κ2) is 10.0. The van der Waals surface area contributed by atoms with Crippen LogP contribution in [0.15, 0.2) is 53.4 Å². The van der Waals surface area contributed by atoms with E-state index in [0.717, 1.165) is 0 Å². The Bertz CT molecular complexity index is 1100. The average Bonchev–Trinajstić information content (AvgIpc) is 3.03. The molecule has 2 aromatic carbocycles. The van der Waals surface area contributed by atoms with Gasteiger partial charge in [-0.05, 0) is 43.7 Å². The molecule has 0 saturated carbocycles. The summed E-state index contributed by atoms with van der Waals surface area (Å²) < 4.78 is 18.8. The summed E-state index contributed by atoms with van der Waals surface area (Å²) >= 11 is 1.21. The number of hydrogen-bond acceptors (Lipinski definition) is 6. The van der Waals surface area contributed by atoms with Crippen LogP contribution >= 0.6 is 11.8 Å². The number of ether oxygens (including phenoxy) is 1. The minimum Gasteiger partial charge on any atom is -0.449 e. The Kier molecular flexibility index (Phi) is 7.37. The Labute approximate surface area is 194 Å². The molecule has 3 rings (SSSR count). The number of urea groups is 1. The van der Waals surface area contributed by atoms with Gasteiger partial charge >= 0.3 is 12.0 Å². The lowest BCUT2D eigenvalue weighted by molar-refractivity contribution is -0.139. The second-order valence-corrected chi connectivity index (χ2v) is 8.91. The Hall–Kier alpha value is -3.40. The molecule has 10 heteroatoms. The van der Waals surface area contributed by atoms with E-state index >= 15 is 0 Å². The van der Waals surface area contributed by atoms with Crippen LogP contribution < -0.4 is 10.6 Å². The van der Waals surface area contributed by atoms with Gasteiger partial charge in [0.2, 0.25) is 0 Å². The molecule has 0 radical (unpaired) electrons. The van der Waals surface area contributed by atoms with E-state index in [9.17, 15) is 23.6 Å². The summed E-state index contributed by atoms with van der Waals surface area (Å²) in [6.45, 7) is 3.23. The number of nitrogens with zero attached hydrogens (tertiary/aromatic N) is 1. The molecule has 1 aliphatic rings. The smallest absolute Gasteiger partial charge is 0.340 e. The number of rotatable bonds is 8. The number of carbonyl (C=O) groups excluding carboxylic acids is 4. The molecule has 1 heterocycles. The third-order valence-electron chi connectivity index (χ3n) is 5.06. The highest BCUT2D eigenvalue weighted by atomic mass is 32.2. The van der Waals surface area contributed by atoms with Gasteiger partial charge in [-0.1, -0.05) is 24.3 Å². The molecule has 0 spiro atoms. The predicted octanol–water partition coefficient (Wildman–Crippen LogP) is 2.72. The number of esters is 1. The molecular weight excluding hydrogens is 449 g/mol. The molecule has 0 aromatic heterocycles. The van der Waals surface area contributed by atoms with Crippen LogP contribution in [0.2, 0.25) is 0 Å². The first-order valence-electron chi connectivity index (χ1n) is 10.1. The normalized spacial score (nSPS) is 18.3. The van der Waals surface area contributed by atoms with Crippen molar-refractivity contribution in [3.8, 4) is 0 Å². The van der Waals surface area contributed by atoms with Gasteiger partial charge < -0.3 is 15.0 Å². The molecule has 2 unspecified atom stereocenters. The van der Waals surface area contributed by atoms with E-state index in [-0.39, 0.29) is 17.9 Å². The number of nitrogens with one attached hydrogen (secondary N) is 2. The fraction of sp³-hybridized carbons (Fsp3) is 0.304. The zero-order valence-electron chi connectivity index (χ0n) is 18.4. The van der Waals surface area contributed by atoms with Crippen LogP contribution in [0, 0.1) is 5.82 Å². The first kappa shape index (κ1) is 24.2. The Morgan fingerprint density at radius 2 is 1.91 bits per heavy atom. The van der Waals surface area contributed by atoms with Gasteiger partial charge in [0.05, 0.1) is 5.56 Å². The topological polar surface area (TPSA) is 105 Å². The number of amides is 4. The Morgan fingerprint density at radius 3 is 2.58 bits per heavy atom. The third-order valence-corrected chi connectivity index (χ3v) is 6.45. The van der Waals surface area contributed by atoms with Crippen LogP contribution in [-0.4, -0.2) is 53.2 Å². The molecule has 1 saturated heterocycles. The lowest BCUT2D eigenvalue weighted by atomic mass is 10.1. The summed E-state index contributed by atoms with van der Waals surface area (Å²) in [4.78, 5) is 50.8. The number of thioether (sulfide) groups is 1. The summed E-state index contributed by atoms with van der Waals surface area (Å²) in [6.07, 6.45) is -1.06. The van der Waals surface area contributed by atoms with Gasteiger partial charge in [0.1, 0.15) is 11.4 Å². The van der Waals surface area contributed by atoms with E-state index in [4.69, 9.17) is 4.74 Å². The SMILES string of the molecule is CC(OC(=O)c1ccccc1SCC1(C)NC(=O)NC1=O)C(=O)N(C)Cc1cccc(F)c1. The number of hydrogen-bond donors (Lipinski definition) is 2. The maximum absolute atomic E-state index is 13.4.